The van der Waals surface area contributed by atoms with Crippen molar-refractivity contribution < 1.29 is 4.79 Å². The van der Waals surface area contributed by atoms with E-state index in [2.05, 4.69) is 12.0 Å². The van der Waals surface area contributed by atoms with E-state index in [1.165, 1.54) is 12.8 Å². The van der Waals surface area contributed by atoms with Crippen molar-refractivity contribution >= 4 is 17.9 Å². The quantitative estimate of drug-likeness (QED) is 0.749. The van der Waals surface area contributed by atoms with Gasteiger partial charge in [-0.05, 0) is 19.3 Å². The second-order valence-electron chi connectivity index (χ2n) is 4.77. The molecule has 0 radical (unpaired) electrons. The Hall–Kier alpha value is -0.830. The third-order valence-corrected chi connectivity index (χ3v) is 3.94. The van der Waals surface area contributed by atoms with Gasteiger partial charge in [0.05, 0.1) is 11.3 Å². The fraction of sp³-hybridized carbons (Fsp3) is 0.692. The number of carbonyl (C=O) groups is 1. The molecule has 1 saturated carbocycles. The van der Waals surface area contributed by atoms with Crippen molar-refractivity contribution in [2.45, 2.75) is 57.9 Å². The van der Waals surface area contributed by atoms with Gasteiger partial charge in [0.1, 0.15) is 5.15 Å². The highest BCUT2D eigenvalue weighted by Gasteiger charge is 2.25. The number of nitrogens with zero attached hydrogens (tertiary/aromatic N) is 2. The molecule has 94 valence electrons. The summed E-state index contributed by atoms with van der Waals surface area (Å²) in [5, 5.41) is 5.08. The van der Waals surface area contributed by atoms with Crippen LogP contribution in [0.25, 0.3) is 0 Å². The van der Waals surface area contributed by atoms with Crippen LogP contribution >= 0.6 is 11.6 Å². The highest BCUT2D eigenvalue weighted by atomic mass is 35.5. The Kier molecular flexibility index (Phi) is 4.21. The number of aldehydes is 1. The average Bonchev–Trinajstić information content (AvgIpc) is 2.94. The molecule has 2 rings (SSSR count). The molecular weight excluding hydrogens is 236 g/mol. The van der Waals surface area contributed by atoms with Crippen molar-refractivity contribution in [2.24, 2.45) is 0 Å². The number of hydrogen-bond donors (Lipinski definition) is 0. The van der Waals surface area contributed by atoms with E-state index in [-0.39, 0.29) is 0 Å². The lowest BCUT2D eigenvalue weighted by molar-refractivity contribution is 0.112. The minimum absolute atomic E-state index is 0.440. The zero-order valence-corrected chi connectivity index (χ0v) is 11.0. The summed E-state index contributed by atoms with van der Waals surface area (Å²) in [4.78, 5) is 11.2. The van der Waals surface area contributed by atoms with Gasteiger partial charge in [-0.25, -0.2) is 0 Å². The molecule has 1 aromatic rings. The molecule has 1 heterocycles. The SMILES string of the molecule is CCCCn1nc(C2CCCC2)c(C=O)c1Cl. The van der Waals surface area contributed by atoms with Crippen molar-refractivity contribution in [3.05, 3.63) is 16.4 Å². The Balaban J connectivity index is 2.27. The molecule has 0 spiro atoms. The molecule has 17 heavy (non-hydrogen) atoms. The van der Waals surface area contributed by atoms with Crippen molar-refractivity contribution in [3.63, 3.8) is 0 Å². The van der Waals surface area contributed by atoms with E-state index in [0.717, 1.165) is 44.2 Å². The summed E-state index contributed by atoms with van der Waals surface area (Å²) in [6.45, 7) is 2.94. The number of aromatic nitrogens is 2. The summed E-state index contributed by atoms with van der Waals surface area (Å²) in [6, 6.07) is 0. The van der Waals surface area contributed by atoms with Crippen LogP contribution in [-0.4, -0.2) is 16.1 Å². The average molecular weight is 255 g/mol. The lowest BCUT2D eigenvalue weighted by Gasteiger charge is -2.05. The largest absolute Gasteiger partial charge is 0.298 e. The van der Waals surface area contributed by atoms with Crippen LogP contribution in [0.3, 0.4) is 0 Å². The number of hydrogen-bond acceptors (Lipinski definition) is 2. The fourth-order valence-corrected chi connectivity index (χ4v) is 2.80. The first-order valence-electron chi connectivity index (χ1n) is 6.49. The van der Waals surface area contributed by atoms with E-state index in [1.807, 2.05) is 0 Å². The molecular formula is C13H19ClN2O. The Morgan fingerprint density at radius 2 is 2.18 bits per heavy atom. The molecule has 1 aromatic heterocycles. The summed E-state index contributed by atoms with van der Waals surface area (Å²) < 4.78 is 1.79. The summed E-state index contributed by atoms with van der Waals surface area (Å²) >= 11 is 6.21. The fourth-order valence-electron chi connectivity index (χ4n) is 2.54. The monoisotopic (exact) mass is 254 g/mol. The van der Waals surface area contributed by atoms with Crippen molar-refractivity contribution in [3.8, 4) is 0 Å². The Morgan fingerprint density at radius 1 is 1.47 bits per heavy atom. The maximum absolute atomic E-state index is 11.2. The van der Waals surface area contributed by atoms with E-state index in [9.17, 15) is 4.79 Å². The van der Waals surface area contributed by atoms with Gasteiger partial charge >= 0.3 is 0 Å². The maximum Gasteiger partial charge on any atom is 0.155 e. The predicted molar refractivity (Wildman–Crippen MR) is 68.7 cm³/mol. The molecule has 0 saturated heterocycles. The second kappa shape index (κ2) is 5.67. The molecule has 0 unspecified atom stereocenters. The molecule has 0 amide bonds. The van der Waals surface area contributed by atoms with E-state index in [1.54, 1.807) is 4.68 Å². The first-order valence-corrected chi connectivity index (χ1v) is 6.87. The smallest absolute Gasteiger partial charge is 0.155 e. The summed E-state index contributed by atoms with van der Waals surface area (Å²) in [6.07, 6.45) is 7.77. The van der Waals surface area contributed by atoms with Crippen molar-refractivity contribution in [2.75, 3.05) is 0 Å². The highest BCUT2D eigenvalue weighted by molar-refractivity contribution is 6.32. The number of carbonyl (C=O) groups excluding carboxylic acids is 1. The van der Waals surface area contributed by atoms with E-state index < -0.39 is 0 Å². The molecule has 1 aliphatic carbocycles. The molecule has 0 aliphatic heterocycles. The van der Waals surface area contributed by atoms with Gasteiger partial charge in [-0.15, -0.1) is 0 Å². The molecule has 3 nitrogen and oxygen atoms in total. The van der Waals surface area contributed by atoms with Crippen LogP contribution in [0.4, 0.5) is 0 Å². The lowest BCUT2D eigenvalue weighted by Crippen LogP contribution is -2.02. The van der Waals surface area contributed by atoms with Crippen molar-refractivity contribution in [1.82, 2.24) is 9.78 Å². The Bertz CT molecular complexity index is 394. The van der Waals surface area contributed by atoms with Crippen LogP contribution < -0.4 is 0 Å². The molecule has 4 heteroatoms. The second-order valence-corrected chi connectivity index (χ2v) is 5.12. The minimum Gasteiger partial charge on any atom is -0.298 e. The standard InChI is InChI=1S/C13H19ClN2O/c1-2-3-8-16-13(14)11(9-17)12(15-16)10-6-4-5-7-10/h9-10H,2-8H2,1H3. The predicted octanol–water partition coefficient (Wildman–Crippen LogP) is 3.81. The molecule has 1 fully saturated rings. The first-order chi connectivity index (χ1) is 8.27. The van der Waals surface area contributed by atoms with Gasteiger partial charge in [-0.1, -0.05) is 37.8 Å². The zero-order valence-electron chi connectivity index (χ0n) is 10.3. The van der Waals surface area contributed by atoms with Crippen LogP contribution in [0.2, 0.25) is 5.15 Å². The molecule has 0 N–H and O–H groups in total. The number of aryl methyl sites for hydroxylation is 1. The van der Waals surface area contributed by atoms with Gasteiger partial charge in [0.2, 0.25) is 0 Å². The molecule has 0 bridgehead atoms. The molecule has 0 aromatic carbocycles. The topological polar surface area (TPSA) is 34.9 Å². The maximum atomic E-state index is 11.2. The minimum atomic E-state index is 0.440. The summed E-state index contributed by atoms with van der Waals surface area (Å²) in [5.41, 5.74) is 1.55. The van der Waals surface area contributed by atoms with Gasteiger partial charge in [0.25, 0.3) is 0 Å². The zero-order chi connectivity index (χ0) is 12.3. The van der Waals surface area contributed by atoms with Gasteiger partial charge in [-0.3, -0.25) is 9.48 Å². The van der Waals surface area contributed by atoms with Crippen LogP contribution in [0, 0.1) is 0 Å². The Morgan fingerprint density at radius 3 is 2.76 bits per heavy atom. The third-order valence-electron chi connectivity index (χ3n) is 3.54. The lowest BCUT2D eigenvalue weighted by atomic mass is 10.0. The third kappa shape index (κ3) is 2.54. The Labute approximate surface area is 107 Å². The van der Waals surface area contributed by atoms with Gasteiger partial charge in [0, 0.05) is 12.5 Å². The molecule has 0 atom stereocenters. The molecule has 1 aliphatic rings. The summed E-state index contributed by atoms with van der Waals surface area (Å²) in [5.74, 6) is 0.440. The van der Waals surface area contributed by atoms with Gasteiger partial charge < -0.3 is 0 Å². The summed E-state index contributed by atoms with van der Waals surface area (Å²) in [7, 11) is 0. The number of halogens is 1. The van der Waals surface area contributed by atoms with Crippen LogP contribution in [-0.2, 0) is 6.54 Å². The van der Waals surface area contributed by atoms with E-state index in [4.69, 9.17) is 11.6 Å². The van der Waals surface area contributed by atoms with Gasteiger partial charge in [-0.2, -0.15) is 5.10 Å². The first kappa shape index (κ1) is 12.6. The van der Waals surface area contributed by atoms with Crippen molar-refractivity contribution in [1.29, 1.82) is 0 Å². The van der Waals surface area contributed by atoms with Crippen LogP contribution in [0.1, 0.15) is 67.4 Å². The highest BCUT2D eigenvalue weighted by Crippen LogP contribution is 2.36. The van der Waals surface area contributed by atoms with Crippen LogP contribution in [0.15, 0.2) is 0 Å². The number of rotatable bonds is 5. The normalized spacial score (nSPS) is 16.6. The van der Waals surface area contributed by atoms with E-state index >= 15 is 0 Å². The van der Waals surface area contributed by atoms with E-state index in [0.29, 0.717) is 16.6 Å². The number of unbranched alkanes of at least 4 members (excludes halogenated alkanes) is 1. The van der Waals surface area contributed by atoms with Gasteiger partial charge in [0.15, 0.2) is 6.29 Å². The van der Waals surface area contributed by atoms with Crippen LogP contribution in [0.5, 0.6) is 0 Å².